The number of carbonyl (C=O) groups excluding carboxylic acids is 2. The summed E-state index contributed by atoms with van der Waals surface area (Å²) in [6, 6.07) is 2.53. The van der Waals surface area contributed by atoms with Crippen molar-refractivity contribution < 1.29 is 19.5 Å². The molecule has 0 saturated heterocycles. The first-order valence-electron chi connectivity index (χ1n) is 6.38. The van der Waals surface area contributed by atoms with E-state index in [1.54, 1.807) is 13.1 Å². The molecule has 8 nitrogen and oxygen atoms in total. The number of carbonyl (C=O) groups is 3. The Morgan fingerprint density at radius 2 is 2.05 bits per heavy atom. The lowest BCUT2D eigenvalue weighted by Crippen LogP contribution is -2.39. The van der Waals surface area contributed by atoms with Crippen molar-refractivity contribution in [3.8, 4) is 0 Å². The summed E-state index contributed by atoms with van der Waals surface area (Å²) in [5.74, 6) is -1.16. The van der Waals surface area contributed by atoms with Gasteiger partial charge in [0.05, 0.1) is 30.5 Å². The van der Waals surface area contributed by atoms with Gasteiger partial charge in [-0.05, 0) is 19.1 Å². The molecule has 0 aliphatic carbocycles. The number of nitrogens with one attached hydrogen (secondary N) is 2. The van der Waals surface area contributed by atoms with Gasteiger partial charge in [0.1, 0.15) is 0 Å². The quantitative estimate of drug-likeness (QED) is 0.699. The van der Waals surface area contributed by atoms with Crippen molar-refractivity contribution in [3.63, 3.8) is 0 Å². The van der Waals surface area contributed by atoms with Crippen LogP contribution in [0.4, 0.5) is 10.5 Å². The Morgan fingerprint density at radius 1 is 1.33 bits per heavy atom. The summed E-state index contributed by atoms with van der Waals surface area (Å²) in [6.45, 7) is 2.31. The third-order valence-corrected chi connectivity index (χ3v) is 2.72. The lowest BCUT2D eigenvalue weighted by atomic mass is 10.2. The fourth-order valence-corrected chi connectivity index (χ4v) is 1.40. The van der Waals surface area contributed by atoms with Crippen LogP contribution in [0.1, 0.15) is 12.6 Å². The molecular weight excluding hydrogens is 276 g/mol. The summed E-state index contributed by atoms with van der Waals surface area (Å²) in [4.78, 5) is 39.0. The van der Waals surface area contributed by atoms with Crippen LogP contribution >= 0.6 is 0 Å². The Labute approximate surface area is 122 Å². The topological polar surface area (TPSA) is 112 Å². The molecule has 1 rings (SSSR count). The van der Waals surface area contributed by atoms with Crippen molar-refractivity contribution >= 4 is 23.6 Å². The van der Waals surface area contributed by atoms with E-state index >= 15 is 0 Å². The number of aromatic nitrogens is 1. The highest BCUT2D eigenvalue weighted by atomic mass is 16.4. The van der Waals surface area contributed by atoms with Crippen LogP contribution in [0.3, 0.4) is 0 Å². The molecule has 0 bridgehead atoms. The number of carboxylic acid groups (broad SMARTS) is 1. The molecule has 0 saturated carbocycles. The Bertz CT molecular complexity index is 515. The van der Waals surface area contributed by atoms with E-state index in [4.69, 9.17) is 5.11 Å². The van der Waals surface area contributed by atoms with Crippen LogP contribution in [-0.2, 0) is 16.0 Å². The number of nitrogens with zero attached hydrogens (tertiary/aromatic N) is 2. The molecule has 0 radical (unpaired) electrons. The van der Waals surface area contributed by atoms with Crippen molar-refractivity contribution in [2.75, 3.05) is 25.5 Å². The van der Waals surface area contributed by atoms with E-state index in [0.717, 1.165) is 0 Å². The van der Waals surface area contributed by atoms with E-state index in [0.29, 0.717) is 17.9 Å². The van der Waals surface area contributed by atoms with E-state index < -0.39 is 12.0 Å². The SMILES string of the molecule is CCN(C)C(=O)CNC(=O)Nc1ccc(CC(=O)O)nc1. The first-order valence-corrected chi connectivity index (χ1v) is 6.38. The van der Waals surface area contributed by atoms with Crippen LogP contribution in [-0.4, -0.2) is 53.0 Å². The van der Waals surface area contributed by atoms with Gasteiger partial charge in [-0.15, -0.1) is 0 Å². The van der Waals surface area contributed by atoms with Crippen molar-refractivity contribution in [2.45, 2.75) is 13.3 Å². The number of hydrogen-bond acceptors (Lipinski definition) is 4. The van der Waals surface area contributed by atoms with E-state index in [2.05, 4.69) is 15.6 Å². The molecule has 0 unspecified atom stereocenters. The van der Waals surface area contributed by atoms with Crippen molar-refractivity contribution in [1.82, 2.24) is 15.2 Å². The second-order valence-electron chi connectivity index (χ2n) is 4.32. The molecule has 1 aromatic heterocycles. The van der Waals surface area contributed by atoms with Gasteiger partial charge in [0.15, 0.2) is 0 Å². The first-order chi connectivity index (χ1) is 9.92. The number of urea groups is 1. The predicted molar refractivity (Wildman–Crippen MR) is 75.9 cm³/mol. The maximum Gasteiger partial charge on any atom is 0.319 e. The van der Waals surface area contributed by atoms with E-state index in [1.165, 1.54) is 17.2 Å². The highest BCUT2D eigenvalue weighted by Gasteiger charge is 2.09. The van der Waals surface area contributed by atoms with Gasteiger partial charge < -0.3 is 20.6 Å². The number of pyridine rings is 1. The molecule has 1 heterocycles. The molecule has 0 spiro atoms. The highest BCUT2D eigenvalue weighted by Crippen LogP contribution is 2.06. The largest absolute Gasteiger partial charge is 0.481 e. The zero-order valence-corrected chi connectivity index (χ0v) is 11.9. The lowest BCUT2D eigenvalue weighted by molar-refractivity contribution is -0.136. The maximum atomic E-state index is 11.6. The highest BCUT2D eigenvalue weighted by molar-refractivity contribution is 5.92. The van der Waals surface area contributed by atoms with Crippen LogP contribution < -0.4 is 10.6 Å². The number of hydrogen-bond donors (Lipinski definition) is 3. The van der Waals surface area contributed by atoms with Gasteiger partial charge in [-0.1, -0.05) is 0 Å². The second-order valence-corrected chi connectivity index (χ2v) is 4.32. The smallest absolute Gasteiger partial charge is 0.319 e. The minimum Gasteiger partial charge on any atom is -0.481 e. The average Bonchev–Trinajstić information content (AvgIpc) is 2.45. The van der Waals surface area contributed by atoms with Gasteiger partial charge in [-0.2, -0.15) is 0 Å². The van der Waals surface area contributed by atoms with Gasteiger partial charge in [0.2, 0.25) is 5.91 Å². The number of carboxylic acids is 1. The summed E-state index contributed by atoms with van der Waals surface area (Å²) in [7, 11) is 1.65. The third-order valence-electron chi connectivity index (χ3n) is 2.72. The minimum atomic E-state index is -0.973. The molecule has 0 aliphatic rings. The first kappa shape index (κ1) is 16.4. The zero-order valence-electron chi connectivity index (χ0n) is 11.9. The molecule has 0 aromatic carbocycles. The summed E-state index contributed by atoms with van der Waals surface area (Å²) in [6.07, 6.45) is 1.18. The van der Waals surface area contributed by atoms with Crippen LogP contribution in [0.25, 0.3) is 0 Å². The van der Waals surface area contributed by atoms with Gasteiger partial charge in [-0.3, -0.25) is 14.6 Å². The van der Waals surface area contributed by atoms with Gasteiger partial charge in [-0.25, -0.2) is 4.79 Å². The molecule has 21 heavy (non-hydrogen) atoms. The van der Waals surface area contributed by atoms with Gasteiger partial charge in [0.25, 0.3) is 0 Å². The Morgan fingerprint density at radius 3 is 2.57 bits per heavy atom. The van der Waals surface area contributed by atoms with Crippen LogP contribution in [0.5, 0.6) is 0 Å². The molecule has 3 N–H and O–H groups in total. The molecular formula is C13H18N4O4. The normalized spacial score (nSPS) is 9.81. The van der Waals surface area contributed by atoms with Crippen molar-refractivity contribution in [2.24, 2.45) is 0 Å². The van der Waals surface area contributed by atoms with Crippen molar-refractivity contribution in [3.05, 3.63) is 24.0 Å². The lowest BCUT2D eigenvalue weighted by Gasteiger charge is -2.14. The van der Waals surface area contributed by atoms with E-state index in [9.17, 15) is 14.4 Å². The zero-order chi connectivity index (χ0) is 15.8. The Balaban J connectivity index is 2.44. The Kier molecular flexibility index (Phi) is 6.12. The number of aliphatic carboxylic acids is 1. The summed E-state index contributed by atoms with van der Waals surface area (Å²) in [5, 5.41) is 13.5. The number of likely N-dealkylation sites (N-methyl/N-ethyl adjacent to an activating group) is 1. The van der Waals surface area contributed by atoms with Crippen molar-refractivity contribution in [1.29, 1.82) is 0 Å². The number of anilines is 1. The molecule has 3 amide bonds. The van der Waals surface area contributed by atoms with Gasteiger partial charge in [0, 0.05) is 13.6 Å². The minimum absolute atomic E-state index is 0.0965. The van der Waals surface area contributed by atoms with E-state index in [-0.39, 0.29) is 18.9 Å². The molecule has 1 aromatic rings. The Hall–Kier alpha value is -2.64. The number of rotatable bonds is 6. The molecule has 0 atom stereocenters. The summed E-state index contributed by atoms with van der Waals surface area (Å²) < 4.78 is 0. The molecule has 114 valence electrons. The average molecular weight is 294 g/mol. The maximum absolute atomic E-state index is 11.6. The standard InChI is InChI=1S/C13H18N4O4/c1-3-17(2)11(18)8-15-13(21)16-10-5-4-9(14-7-10)6-12(19)20/h4-5,7H,3,6,8H2,1-2H3,(H,19,20)(H2,15,16,21). The number of amides is 3. The predicted octanol–water partition coefficient (Wildman–Crippen LogP) is 0.309. The second kappa shape index (κ2) is 7.83. The molecule has 0 aliphatic heterocycles. The molecule has 0 fully saturated rings. The summed E-state index contributed by atoms with van der Waals surface area (Å²) in [5.41, 5.74) is 0.811. The fraction of sp³-hybridized carbons (Fsp3) is 0.385. The fourth-order valence-electron chi connectivity index (χ4n) is 1.40. The van der Waals surface area contributed by atoms with Crippen LogP contribution in [0, 0.1) is 0 Å². The monoisotopic (exact) mass is 294 g/mol. The van der Waals surface area contributed by atoms with Crippen LogP contribution in [0.15, 0.2) is 18.3 Å². The van der Waals surface area contributed by atoms with Gasteiger partial charge >= 0.3 is 12.0 Å². The van der Waals surface area contributed by atoms with Crippen LogP contribution in [0.2, 0.25) is 0 Å². The third kappa shape index (κ3) is 5.89. The summed E-state index contributed by atoms with van der Waals surface area (Å²) >= 11 is 0. The molecule has 8 heteroatoms. The van der Waals surface area contributed by atoms with E-state index in [1.807, 2.05) is 6.92 Å².